The molecular weight excluding hydrogens is 240 g/mol. The van der Waals surface area contributed by atoms with Gasteiger partial charge in [-0.15, -0.1) is 11.3 Å². The highest BCUT2D eigenvalue weighted by molar-refractivity contribution is 7.12. The molecule has 3 heteroatoms. The molecule has 0 bridgehead atoms. The Labute approximate surface area is 112 Å². The fourth-order valence-corrected chi connectivity index (χ4v) is 3.58. The molecule has 0 radical (unpaired) electrons. The van der Waals surface area contributed by atoms with Crippen LogP contribution in [0.3, 0.4) is 0 Å². The molecule has 0 spiro atoms. The summed E-state index contributed by atoms with van der Waals surface area (Å²) in [7, 11) is 0. The van der Waals surface area contributed by atoms with E-state index in [1.165, 1.54) is 34.8 Å². The average molecular weight is 258 g/mol. The zero-order chi connectivity index (χ0) is 12.4. The van der Waals surface area contributed by atoms with E-state index in [0.717, 1.165) is 12.1 Å². The van der Waals surface area contributed by atoms with E-state index in [1.54, 1.807) is 0 Å². The van der Waals surface area contributed by atoms with Gasteiger partial charge in [0, 0.05) is 22.9 Å². The van der Waals surface area contributed by atoms with Crippen LogP contribution >= 0.6 is 11.3 Å². The Morgan fingerprint density at radius 2 is 2.17 bits per heavy atom. The molecule has 1 aromatic heterocycles. The molecule has 0 amide bonds. The Kier molecular flexibility index (Phi) is 3.43. The van der Waals surface area contributed by atoms with Gasteiger partial charge in [0.1, 0.15) is 0 Å². The van der Waals surface area contributed by atoms with Gasteiger partial charge < -0.3 is 5.32 Å². The van der Waals surface area contributed by atoms with Crippen LogP contribution in [0.1, 0.15) is 22.7 Å². The smallest absolute Gasteiger partial charge is 0.0950 e. The van der Waals surface area contributed by atoms with E-state index in [9.17, 15) is 0 Å². The maximum Gasteiger partial charge on any atom is 0.0950 e. The molecule has 94 valence electrons. The fraction of sp³-hybridized carbons (Fsp3) is 0.400. The lowest BCUT2D eigenvalue weighted by atomic mass is 10.1. The first-order chi connectivity index (χ1) is 8.83. The number of nitrogens with one attached hydrogen (secondary N) is 1. The van der Waals surface area contributed by atoms with Gasteiger partial charge in [-0.2, -0.15) is 0 Å². The summed E-state index contributed by atoms with van der Waals surface area (Å²) >= 11 is 1.84. The van der Waals surface area contributed by atoms with Crippen molar-refractivity contribution in [1.29, 1.82) is 0 Å². The molecule has 0 aliphatic carbocycles. The van der Waals surface area contributed by atoms with Crippen molar-refractivity contribution in [2.45, 2.75) is 32.2 Å². The van der Waals surface area contributed by atoms with Crippen LogP contribution < -0.4 is 5.32 Å². The minimum atomic E-state index is 0.638. The number of benzene rings is 1. The van der Waals surface area contributed by atoms with Gasteiger partial charge in [-0.1, -0.05) is 30.3 Å². The Hall–Kier alpha value is -1.19. The lowest BCUT2D eigenvalue weighted by Gasteiger charge is -2.06. The summed E-state index contributed by atoms with van der Waals surface area (Å²) in [5, 5.41) is 4.81. The molecule has 1 unspecified atom stereocenters. The lowest BCUT2D eigenvalue weighted by molar-refractivity contribution is 0.601. The zero-order valence-corrected chi connectivity index (χ0v) is 11.5. The summed E-state index contributed by atoms with van der Waals surface area (Å²) in [5.41, 5.74) is 2.39. The molecule has 2 heterocycles. The van der Waals surface area contributed by atoms with Crippen molar-refractivity contribution in [3.63, 3.8) is 0 Å². The Bertz CT molecular complexity index is 513. The highest BCUT2D eigenvalue weighted by atomic mass is 32.1. The molecule has 0 saturated carbocycles. The molecule has 1 aliphatic rings. The lowest BCUT2D eigenvalue weighted by Crippen LogP contribution is -2.23. The molecule has 3 rings (SSSR count). The van der Waals surface area contributed by atoms with E-state index in [4.69, 9.17) is 4.98 Å². The number of aromatic nitrogens is 1. The summed E-state index contributed by atoms with van der Waals surface area (Å²) in [4.78, 5) is 6.15. The predicted molar refractivity (Wildman–Crippen MR) is 77.0 cm³/mol. The first-order valence-corrected chi connectivity index (χ1v) is 7.39. The highest BCUT2D eigenvalue weighted by Crippen LogP contribution is 2.28. The molecule has 1 fully saturated rings. The molecule has 2 nitrogen and oxygen atoms in total. The van der Waals surface area contributed by atoms with E-state index < -0.39 is 0 Å². The van der Waals surface area contributed by atoms with Crippen LogP contribution in [0.2, 0.25) is 0 Å². The maximum absolute atomic E-state index is 4.82. The van der Waals surface area contributed by atoms with Crippen LogP contribution in [0.15, 0.2) is 30.3 Å². The van der Waals surface area contributed by atoms with Gasteiger partial charge >= 0.3 is 0 Å². The van der Waals surface area contributed by atoms with Crippen molar-refractivity contribution in [3.05, 3.63) is 40.2 Å². The van der Waals surface area contributed by atoms with Crippen molar-refractivity contribution in [3.8, 4) is 11.3 Å². The fourth-order valence-electron chi connectivity index (χ4n) is 2.54. The third kappa shape index (κ3) is 2.47. The Morgan fingerprint density at radius 3 is 2.89 bits per heavy atom. The Morgan fingerprint density at radius 1 is 1.33 bits per heavy atom. The SMILES string of the molecule is Cc1sc(CC2CCCN2)nc1-c1ccccc1. The first-order valence-electron chi connectivity index (χ1n) is 6.58. The molecular formula is C15H18N2S. The predicted octanol–water partition coefficient (Wildman–Crippen LogP) is 3.41. The van der Waals surface area contributed by atoms with Crippen LogP contribution in [-0.2, 0) is 6.42 Å². The first kappa shape index (κ1) is 11.9. The van der Waals surface area contributed by atoms with E-state index in [1.807, 2.05) is 11.3 Å². The molecule has 2 aromatic rings. The molecule has 1 N–H and O–H groups in total. The molecule has 1 aromatic carbocycles. The normalized spacial score (nSPS) is 19.3. The largest absolute Gasteiger partial charge is 0.314 e. The number of hydrogen-bond acceptors (Lipinski definition) is 3. The summed E-state index contributed by atoms with van der Waals surface area (Å²) in [6, 6.07) is 11.1. The van der Waals surface area contributed by atoms with E-state index >= 15 is 0 Å². The van der Waals surface area contributed by atoms with Crippen molar-refractivity contribution in [2.24, 2.45) is 0 Å². The Balaban J connectivity index is 1.82. The number of hydrogen-bond donors (Lipinski definition) is 1. The average Bonchev–Trinajstić information content (AvgIpc) is 3.01. The number of aryl methyl sites for hydroxylation is 1. The van der Waals surface area contributed by atoms with Crippen LogP contribution in [0.5, 0.6) is 0 Å². The van der Waals surface area contributed by atoms with Gasteiger partial charge in [-0.05, 0) is 26.3 Å². The standard InChI is InChI=1S/C15H18N2S/c1-11-15(12-6-3-2-4-7-12)17-14(18-11)10-13-8-5-9-16-13/h2-4,6-7,13,16H,5,8-10H2,1H3. The van der Waals surface area contributed by atoms with E-state index in [2.05, 4.69) is 42.6 Å². The monoisotopic (exact) mass is 258 g/mol. The zero-order valence-electron chi connectivity index (χ0n) is 10.6. The molecule has 1 atom stereocenters. The second-order valence-corrected chi connectivity index (χ2v) is 6.16. The maximum atomic E-state index is 4.82. The molecule has 18 heavy (non-hydrogen) atoms. The van der Waals surface area contributed by atoms with Gasteiger partial charge in [0.05, 0.1) is 10.7 Å². The van der Waals surface area contributed by atoms with E-state index in [0.29, 0.717) is 6.04 Å². The minimum Gasteiger partial charge on any atom is -0.314 e. The van der Waals surface area contributed by atoms with Crippen molar-refractivity contribution in [1.82, 2.24) is 10.3 Å². The molecule has 1 saturated heterocycles. The summed E-state index contributed by atoms with van der Waals surface area (Å²) in [6.07, 6.45) is 3.68. The number of rotatable bonds is 3. The highest BCUT2D eigenvalue weighted by Gasteiger charge is 2.17. The molecule has 1 aliphatic heterocycles. The van der Waals surface area contributed by atoms with Crippen molar-refractivity contribution >= 4 is 11.3 Å². The topological polar surface area (TPSA) is 24.9 Å². The van der Waals surface area contributed by atoms with E-state index in [-0.39, 0.29) is 0 Å². The number of thiazole rings is 1. The van der Waals surface area contributed by atoms with Gasteiger partial charge in [-0.3, -0.25) is 0 Å². The van der Waals surface area contributed by atoms with Gasteiger partial charge in [0.15, 0.2) is 0 Å². The third-order valence-corrected chi connectivity index (χ3v) is 4.46. The number of nitrogens with zero attached hydrogens (tertiary/aromatic N) is 1. The minimum absolute atomic E-state index is 0.638. The second-order valence-electron chi connectivity index (χ2n) is 4.88. The third-order valence-electron chi connectivity index (χ3n) is 3.47. The van der Waals surface area contributed by atoms with Crippen LogP contribution in [0.25, 0.3) is 11.3 Å². The van der Waals surface area contributed by atoms with Crippen LogP contribution in [-0.4, -0.2) is 17.6 Å². The second kappa shape index (κ2) is 5.21. The van der Waals surface area contributed by atoms with Gasteiger partial charge in [-0.25, -0.2) is 4.98 Å². The summed E-state index contributed by atoms with van der Waals surface area (Å²) < 4.78 is 0. The summed E-state index contributed by atoms with van der Waals surface area (Å²) in [5.74, 6) is 0. The van der Waals surface area contributed by atoms with Gasteiger partial charge in [0.2, 0.25) is 0 Å². The van der Waals surface area contributed by atoms with Crippen LogP contribution in [0, 0.1) is 6.92 Å². The van der Waals surface area contributed by atoms with Gasteiger partial charge in [0.25, 0.3) is 0 Å². The van der Waals surface area contributed by atoms with Crippen molar-refractivity contribution in [2.75, 3.05) is 6.54 Å². The van der Waals surface area contributed by atoms with Crippen molar-refractivity contribution < 1.29 is 0 Å². The quantitative estimate of drug-likeness (QED) is 0.912. The summed E-state index contributed by atoms with van der Waals surface area (Å²) in [6.45, 7) is 3.34. The van der Waals surface area contributed by atoms with Crippen LogP contribution in [0.4, 0.5) is 0 Å².